The third kappa shape index (κ3) is 5.01. The van der Waals surface area contributed by atoms with E-state index in [2.05, 4.69) is 4.74 Å². The van der Waals surface area contributed by atoms with Gasteiger partial charge in [-0.2, -0.15) is 13.2 Å². The van der Waals surface area contributed by atoms with Gasteiger partial charge in [0.1, 0.15) is 5.82 Å². The Labute approximate surface area is 146 Å². The van der Waals surface area contributed by atoms with Crippen molar-refractivity contribution < 1.29 is 31.3 Å². The number of rotatable bonds is 6. The molecular formula is C16H21F4NO3S. The summed E-state index contributed by atoms with van der Waals surface area (Å²) < 4.78 is 74.2. The summed E-state index contributed by atoms with van der Waals surface area (Å²) in [5.41, 5.74) is -3.99. The monoisotopic (exact) mass is 383 g/mol. The lowest BCUT2D eigenvalue weighted by Gasteiger charge is -2.37. The van der Waals surface area contributed by atoms with E-state index in [1.807, 2.05) is 4.72 Å². The SMILES string of the molecule is CCOC(=O)CC(N[S@](=O)C(C)(C)C)(c1ccccc1F)C(F)(F)F. The molecule has 0 aliphatic heterocycles. The third-order valence-electron chi connectivity index (χ3n) is 3.36. The third-order valence-corrected chi connectivity index (χ3v) is 5.00. The van der Waals surface area contributed by atoms with Crippen LogP contribution in [0.2, 0.25) is 0 Å². The smallest absolute Gasteiger partial charge is 0.412 e. The number of halogens is 4. The van der Waals surface area contributed by atoms with E-state index in [4.69, 9.17) is 0 Å². The fourth-order valence-corrected chi connectivity index (χ4v) is 2.96. The Morgan fingerprint density at radius 2 is 1.76 bits per heavy atom. The molecule has 0 amide bonds. The van der Waals surface area contributed by atoms with Crippen molar-refractivity contribution in [2.24, 2.45) is 0 Å². The number of carbonyl (C=O) groups excluding carboxylic acids is 1. The topological polar surface area (TPSA) is 55.4 Å². The molecule has 0 saturated carbocycles. The van der Waals surface area contributed by atoms with Crippen LogP contribution in [0.1, 0.15) is 39.7 Å². The summed E-state index contributed by atoms with van der Waals surface area (Å²) >= 11 is 0. The van der Waals surface area contributed by atoms with E-state index >= 15 is 0 Å². The molecule has 0 heterocycles. The van der Waals surface area contributed by atoms with E-state index < -0.39 is 51.2 Å². The van der Waals surface area contributed by atoms with E-state index in [9.17, 15) is 26.6 Å². The van der Waals surface area contributed by atoms with Crippen molar-refractivity contribution >= 4 is 17.0 Å². The summed E-state index contributed by atoms with van der Waals surface area (Å²) in [6.45, 7) is 5.69. The van der Waals surface area contributed by atoms with Gasteiger partial charge < -0.3 is 4.74 Å². The van der Waals surface area contributed by atoms with Crippen molar-refractivity contribution in [1.82, 2.24) is 4.72 Å². The maximum Gasteiger partial charge on any atom is 0.412 e. The second kappa shape index (κ2) is 7.82. The number of nitrogens with one attached hydrogen (secondary N) is 1. The first-order valence-electron chi connectivity index (χ1n) is 7.52. The Hall–Kier alpha value is -1.48. The summed E-state index contributed by atoms with van der Waals surface area (Å²) in [5.74, 6) is -2.34. The molecule has 0 fully saturated rings. The van der Waals surface area contributed by atoms with E-state index in [-0.39, 0.29) is 6.61 Å². The maximum absolute atomic E-state index is 14.2. The second-order valence-corrected chi connectivity index (χ2v) is 8.31. The maximum atomic E-state index is 14.2. The number of hydrogen-bond acceptors (Lipinski definition) is 3. The highest BCUT2D eigenvalue weighted by atomic mass is 32.2. The molecule has 1 N–H and O–H groups in total. The Balaban J connectivity index is 3.57. The van der Waals surface area contributed by atoms with Gasteiger partial charge in [-0.25, -0.2) is 13.3 Å². The molecular weight excluding hydrogens is 362 g/mol. The van der Waals surface area contributed by atoms with Gasteiger partial charge in [-0.3, -0.25) is 4.79 Å². The average molecular weight is 383 g/mol. The van der Waals surface area contributed by atoms with Crippen molar-refractivity contribution in [3.05, 3.63) is 35.6 Å². The molecule has 1 rings (SSSR count). The summed E-state index contributed by atoms with van der Waals surface area (Å²) in [6.07, 6.45) is -6.35. The first-order valence-corrected chi connectivity index (χ1v) is 8.67. The van der Waals surface area contributed by atoms with Crippen LogP contribution in [0.15, 0.2) is 24.3 Å². The zero-order valence-electron chi connectivity index (χ0n) is 14.4. The highest BCUT2D eigenvalue weighted by molar-refractivity contribution is 7.84. The molecule has 0 saturated heterocycles. The van der Waals surface area contributed by atoms with Gasteiger partial charge in [-0.1, -0.05) is 18.2 Å². The van der Waals surface area contributed by atoms with E-state index in [0.29, 0.717) is 0 Å². The van der Waals surface area contributed by atoms with Crippen molar-refractivity contribution in [3.8, 4) is 0 Å². The van der Waals surface area contributed by atoms with Crippen LogP contribution in [0.5, 0.6) is 0 Å². The van der Waals surface area contributed by atoms with Gasteiger partial charge in [0, 0.05) is 5.56 Å². The minimum absolute atomic E-state index is 0.133. The highest BCUT2D eigenvalue weighted by Gasteiger charge is 2.60. The molecule has 0 aliphatic carbocycles. The lowest BCUT2D eigenvalue weighted by Crippen LogP contribution is -2.58. The number of hydrogen-bond donors (Lipinski definition) is 1. The van der Waals surface area contributed by atoms with Gasteiger partial charge in [0.15, 0.2) is 5.54 Å². The van der Waals surface area contributed by atoms with Crippen molar-refractivity contribution in [2.75, 3.05) is 6.61 Å². The molecule has 2 atom stereocenters. The number of alkyl halides is 3. The van der Waals surface area contributed by atoms with Crippen LogP contribution in [0.25, 0.3) is 0 Å². The van der Waals surface area contributed by atoms with Crippen LogP contribution in [0.3, 0.4) is 0 Å². The van der Waals surface area contributed by atoms with Crippen LogP contribution < -0.4 is 4.72 Å². The average Bonchev–Trinajstić information content (AvgIpc) is 2.45. The van der Waals surface area contributed by atoms with E-state index in [1.165, 1.54) is 39.8 Å². The zero-order valence-corrected chi connectivity index (χ0v) is 15.2. The first kappa shape index (κ1) is 21.6. The molecule has 0 aliphatic rings. The van der Waals surface area contributed by atoms with Crippen LogP contribution in [-0.2, 0) is 26.1 Å². The number of benzene rings is 1. The molecule has 0 radical (unpaired) electrons. The molecule has 0 bridgehead atoms. The number of ether oxygens (including phenoxy) is 1. The van der Waals surface area contributed by atoms with Gasteiger partial charge in [0.25, 0.3) is 0 Å². The first-order chi connectivity index (χ1) is 11.3. The van der Waals surface area contributed by atoms with E-state index in [0.717, 1.165) is 12.1 Å². The van der Waals surface area contributed by atoms with Crippen molar-refractivity contribution in [1.29, 1.82) is 0 Å². The lowest BCUT2D eigenvalue weighted by molar-refractivity contribution is -0.203. The van der Waals surface area contributed by atoms with Crippen LogP contribution in [-0.4, -0.2) is 27.7 Å². The highest BCUT2D eigenvalue weighted by Crippen LogP contribution is 2.43. The predicted molar refractivity (Wildman–Crippen MR) is 86.4 cm³/mol. The molecule has 0 spiro atoms. The fraction of sp³-hybridized carbons (Fsp3) is 0.562. The fourth-order valence-electron chi connectivity index (χ4n) is 2.04. The minimum Gasteiger partial charge on any atom is -0.466 e. The Kier molecular flexibility index (Phi) is 6.74. The van der Waals surface area contributed by atoms with Gasteiger partial charge >= 0.3 is 12.1 Å². The summed E-state index contributed by atoms with van der Waals surface area (Å²) in [7, 11) is -2.23. The van der Waals surface area contributed by atoms with Crippen LogP contribution in [0, 0.1) is 5.82 Å². The van der Waals surface area contributed by atoms with Crippen LogP contribution >= 0.6 is 0 Å². The molecule has 1 aromatic carbocycles. The number of esters is 1. The minimum atomic E-state index is -5.11. The molecule has 9 heteroatoms. The molecule has 1 aromatic rings. The molecule has 142 valence electrons. The second-order valence-electron chi connectivity index (χ2n) is 6.35. The van der Waals surface area contributed by atoms with Crippen molar-refractivity contribution in [2.45, 2.75) is 50.6 Å². The van der Waals surface area contributed by atoms with Crippen molar-refractivity contribution in [3.63, 3.8) is 0 Å². The lowest BCUT2D eigenvalue weighted by atomic mass is 9.86. The largest absolute Gasteiger partial charge is 0.466 e. The Morgan fingerprint density at radius 3 is 2.20 bits per heavy atom. The normalized spacial score (nSPS) is 16.2. The van der Waals surface area contributed by atoms with E-state index in [1.54, 1.807) is 0 Å². The van der Waals surface area contributed by atoms with Gasteiger partial charge in [-0.05, 0) is 33.8 Å². The zero-order chi connectivity index (χ0) is 19.5. The quantitative estimate of drug-likeness (QED) is 0.603. The summed E-state index contributed by atoms with van der Waals surface area (Å²) in [5, 5.41) is 0. The summed E-state index contributed by atoms with van der Waals surface area (Å²) in [6, 6.07) is 4.20. The van der Waals surface area contributed by atoms with Gasteiger partial charge in [-0.15, -0.1) is 0 Å². The molecule has 0 aromatic heterocycles. The molecule has 4 nitrogen and oxygen atoms in total. The number of carbonyl (C=O) groups is 1. The molecule has 1 unspecified atom stereocenters. The summed E-state index contributed by atoms with van der Waals surface area (Å²) in [4.78, 5) is 11.8. The van der Waals surface area contributed by atoms with Crippen LogP contribution in [0.4, 0.5) is 17.6 Å². The Bertz CT molecular complexity index is 643. The van der Waals surface area contributed by atoms with Gasteiger partial charge in [0.2, 0.25) is 0 Å². The Morgan fingerprint density at radius 1 is 1.20 bits per heavy atom. The standard InChI is InChI=1S/C16H21F4NO3S/c1-5-24-13(22)10-15(16(18,19)20,21-25(23)14(2,3)4)11-8-6-7-9-12(11)17/h6-9,21H,5,10H2,1-4H3/t15?,25-/m1/s1. The predicted octanol–water partition coefficient (Wildman–Crippen LogP) is 3.59. The molecule has 25 heavy (non-hydrogen) atoms. The van der Waals surface area contributed by atoms with Gasteiger partial charge in [0.05, 0.1) is 28.8 Å².